The third-order valence-electron chi connectivity index (χ3n) is 5.52. The van der Waals surface area contributed by atoms with Crippen molar-refractivity contribution < 1.29 is 14.3 Å². The Morgan fingerprint density at radius 3 is 2.73 bits per heavy atom. The third kappa shape index (κ3) is 3.91. The topological polar surface area (TPSA) is 86.0 Å². The highest BCUT2D eigenvalue weighted by Crippen LogP contribution is 2.38. The summed E-state index contributed by atoms with van der Waals surface area (Å²) in [5.74, 6) is 0.897. The number of nitrogens with zero attached hydrogens (tertiary/aromatic N) is 4. The number of aromatic nitrogens is 2. The van der Waals surface area contributed by atoms with Gasteiger partial charge in [0.2, 0.25) is 0 Å². The summed E-state index contributed by atoms with van der Waals surface area (Å²) >= 11 is 2.97. The smallest absolute Gasteiger partial charge is 0.263 e. The van der Waals surface area contributed by atoms with Crippen molar-refractivity contribution >= 4 is 44.5 Å². The van der Waals surface area contributed by atoms with Crippen LogP contribution in [0, 0.1) is 0 Å². The zero-order valence-electron chi connectivity index (χ0n) is 17.9. The Hall–Kier alpha value is -3.50. The van der Waals surface area contributed by atoms with Crippen molar-refractivity contribution in [3.8, 4) is 11.5 Å². The molecule has 1 atom stereocenters. The van der Waals surface area contributed by atoms with Crippen molar-refractivity contribution in [2.75, 3.05) is 14.2 Å². The Labute approximate surface area is 197 Å². The lowest BCUT2D eigenvalue weighted by atomic mass is 10.0. The molecule has 0 saturated carbocycles. The van der Waals surface area contributed by atoms with E-state index in [4.69, 9.17) is 9.47 Å². The van der Waals surface area contributed by atoms with Crippen molar-refractivity contribution in [3.05, 3.63) is 74.3 Å². The zero-order chi connectivity index (χ0) is 22.9. The lowest BCUT2D eigenvalue weighted by Gasteiger charge is -2.23. The highest BCUT2D eigenvalue weighted by atomic mass is 32.1. The van der Waals surface area contributed by atoms with Crippen molar-refractivity contribution in [1.29, 1.82) is 0 Å². The zero-order valence-corrected chi connectivity index (χ0v) is 19.6. The number of rotatable bonds is 6. The van der Waals surface area contributed by atoms with Crippen molar-refractivity contribution in [3.63, 3.8) is 0 Å². The van der Waals surface area contributed by atoms with Gasteiger partial charge in [-0.3, -0.25) is 14.2 Å². The fourth-order valence-corrected chi connectivity index (χ4v) is 5.32. The van der Waals surface area contributed by atoms with Crippen LogP contribution in [0.15, 0.2) is 63.4 Å². The maximum absolute atomic E-state index is 13.4. The summed E-state index contributed by atoms with van der Waals surface area (Å²) in [6.45, 7) is -0.150. The van der Waals surface area contributed by atoms with Gasteiger partial charge in [-0.1, -0.05) is 12.1 Å². The molecular weight excluding hydrogens is 460 g/mol. The average molecular weight is 481 g/mol. The molecule has 168 valence electrons. The maximum atomic E-state index is 13.4. The number of thiophene rings is 2. The molecule has 0 unspecified atom stereocenters. The van der Waals surface area contributed by atoms with E-state index in [-0.39, 0.29) is 24.1 Å². The summed E-state index contributed by atoms with van der Waals surface area (Å²) in [6.07, 6.45) is 1.98. The van der Waals surface area contributed by atoms with E-state index in [1.54, 1.807) is 31.6 Å². The van der Waals surface area contributed by atoms with E-state index in [1.165, 1.54) is 27.2 Å². The lowest BCUT2D eigenvalue weighted by Crippen LogP contribution is -2.34. The van der Waals surface area contributed by atoms with E-state index in [9.17, 15) is 9.59 Å². The van der Waals surface area contributed by atoms with Gasteiger partial charge in [-0.15, -0.1) is 22.7 Å². The van der Waals surface area contributed by atoms with Crippen molar-refractivity contribution in [1.82, 2.24) is 14.6 Å². The van der Waals surface area contributed by atoms with Gasteiger partial charge < -0.3 is 9.47 Å². The summed E-state index contributed by atoms with van der Waals surface area (Å²) in [7, 11) is 3.16. The number of benzene rings is 1. The number of amides is 1. The molecule has 3 aromatic heterocycles. The first-order valence-corrected chi connectivity index (χ1v) is 11.9. The van der Waals surface area contributed by atoms with Crippen molar-refractivity contribution in [2.24, 2.45) is 5.10 Å². The van der Waals surface area contributed by atoms with Gasteiger partial charge in [-0.25, -0.2) is 9.99 Å². The molecule has 5 rings (SSSR count). The Bertz CT molecular complexity index is 1410. The number of ether oxygens (including phenoxy) is 2. The predicted octanol–water partition coefficient (Wildman–Crippen LogP) is 3.91. The number of hydrazone groups is 1. The molecule has 4 aromatic rings. The highest BCUT2D eigenvalue weighted by Gasteiger charge is 2.34. The number of carbonyl (C=O) groups excluding carboxylic acids is 1. The minimum absolute atomic E-state index is 0.150. The van der Waals surface area contributed by atoms with Gasteiger partial charge >= 0.3 is 0 Å². The molecule has 8 nitrogen and oxygen atoms in total. The molecule has 0 radical (unpaired) electrons. The summed E-state index contributed by atoms with van der Waals surface area (Å²) in [4.78, 5) is 32.2. The van der Waals surface area contributed by atoms with Gasteiger partial charge in [0.1, 0.15) is 11.4 Å². The fraction of sp³-hybridized carbons (Fsp3) is 0.217. The number of carbonyl (C=O) groups is 1. The minimum Gasteiger partial charge on any atom is -0.493 e. The number of hydrogen-bond donors (Lipinski definition) is 0. The average Bonchev–Trinajstić information content (AvgIpc) is 3.60. The normalized spacial score (nSPS) is 15.6. The Kier molecular flexibility index (Phi) is 5.69. The molecule has 1 aromatic carbocycles. The van der Waals surface area contributed by atoms with Crippen LogP contribution in [0.25, 0.3) is 10.2 Å². The fourth-order valence-electron chi connectivity index (χ4n) is 3.88. The summed E-state index contributed by atoms with van der Waals surface area (Å²) in [5.41, 5.74) is 1.46. The quantitative estimate of drug-likeness (QED) is 0.418. The van der Waals surface area contributed by atoms with Gasteiger partial charge in [0, 0.05) is 6.42 Å². The molecular formula is C23H20N4O4S2. The van der Waals surface area contributed by atoms with E-state index < -0.39 is 0 Å². The van der Waals surface area contributed by atoms with E-state index in [0.29, 0.717) is 28.1 Å². The van der Waals surface area contributed by atoms with Gasteiger partial charge in [0.25, 0.3) is 11.5 Å². The van der Waals surface area contributed by atoms with Gasteiger partial charge in [-0.2, -0.15) is 5.10 Å². The lowest BCUT2D eigenvalue weighted by molar-refractivity contribution is -0.133. The molecule has 33 heavy (non-hydrogen) atoms. The van der Waals surface area contributed by atoms with E-state index >= 15 is 0 Å². The SMILES string of the molecule is COc1ccc([C@@H]2CC(c3cccs3)=NN2C(=O)Cn2cnc3sccc3c2=O)cc1OC. The van der Waals surface area contributed by atoms with Crippen LogP contribution < -0.4 is 15.0 Å². The second-order valence-corrected chi connectivity index (χ2v) is 9.26. The first-order chi connectivity index (χ1) is 16.1. The van der Waals surface area contributed by atoms with Crippen LogP contribution in [0.3, 0.4) is 0 Å². The maximum Gasteiger partial charge on any atom is 0.263 e. The minimum atomic E-state index is -0.331. The summed E-state index contributed by atoms with van der Waals surface area (Å²) in [5, 5.41) is 10.4. The molecule has 0 bridgehead atoms. The Morgan fingerprint density at radius 1 is 1.12 bits per heavy atom. The van der Waals surface area contributed by atoms with Crippen LogP contribution in [0.4, 0.5) is 0 Å². The Balaban J connectivity index is 1.50. The van der Waals surface area contributed by atoms with Crippen LogP contribution >= 0.6 is 22.7 Å². The molecule has 1 amide bonds. The molecule has 10 heteroatoms. The molecule has 1 aliphatic rings. The largest absolute Gasteiger partial charge is 0.493 e. The molecule has 0 spiro atoms. The molecule has 0 fully saturated rings. The molecule has 0 N–H and O–H groups in total. The molecule has 0 saturated heterocycles. The van der Waals surface area contributed by atoms with Crippen LogP contribution in [-0.2, 0) is 11.3 Å². The van der Waals surface area contributed by atoms with E-state index in [1.807, 2.05) is 41.1 Å². The van der Waals surface area contributed by atoms with Crippen LogP contribution in [-0.4, -0.2) is 40.4 Å². The summed E-state index contributed by atoms with van der Waals surface area (Å²) in [6, 6.07) is 10.9. The molecule has 1 aliphatic heterocycles. The summed E-state index contributed by atoms with van der Waals surface area (Å²) < 4.78 is 12.1. The molecule has 0 aliphatic carbocycles. The number of methoxy groups -OCH3 is 2. The first-order valence-electron chi connectivity index (χ1n) is 10.2. The second-order valence-electron chi connectivity index (χ2n) is 7.41. The van der Waals surface area contributed by atoms with Gasteiger partial charge in [0.05, 0.1) is 42.6 Å². The number of hydrogen-bond acceptors (Lipinski definition) is 8. The van der Waals surface area contributed by atoms with Gasteiger partial charge in [0.15, 0.2) is 11.5 Å². The third-order valence-corrected chi connectivity index (χ3v) is 7.26. The van der Waals surface area contributed by atoms with Crippen LogP contribution in [0.2, 0.25) is 0 Å². The monoisotopic (exact) mass is 480 g/mol. The van der Waals surface area contributed by atoms with E-state index in [2.05, 4.69) is 10.1 Å². The standard InChI is InChI=1S/C23H20N4O4S2/c1-30-18-6-5-14(10-19(18)31-2)17-11-16(20-4-3-8-32-20)25-27(17)21(28)12-26-13-24-22-15(23(26)29)7-9-33-22/h3-10,13,17H,11-12H2,1-2H3/t17-/m0/s1. The second kappa shape index (κ2) is 8.80. The van der Waals surface area contributed by atoms with Crippen molar-refractivity contribution in [2.45, 2.75) is 19.0 Å². The van der Waals surface area contributed by atoms with E-state index in [0.717, 1.165) is 16.2 Å². The predicted molar refractivity (Wildman–Crippen MR) is 128 cm³/mol. The molecule has 4 heterocycles. The number of fused-ring (bicyclic) bond motifs is 1. The van der Waals surface area contributed by atoms with Gasteiger partial charge in [-0.05, 0) is 40.6 Å². The van der Waals surface area contributed by atoms with Crippen LogP contribution in [0.1, 0.15) is 22.9 Å². The first kappa shape index (κ1) is 21.4. The Morgan fingerprint density at radius 2 is 1.97 bits per heavy atom. The highest BCUT2D eigenvalue weighted by molar-refractivity contribution is 7.16. The van der Waals surface area contributed by atoms with Crippen LogP contribution in [0.5, 0.6) is 11.5 Å².